The number of carbonyl (C=O) groups excluding carboxylic acids is 1. The Hall–Kier alpha value is -2.67. The van der Waals surface area contributed by atoms with E-state index in [4.69, 9.17) is 4.74 Å². The van der Waals surface area contributed by atoms with Crippen LogP contribution in [0, 0.1) is 13.8 Å². The molecule has 1 aliphatic rings. The lowest BCUT2D eigenvalue weighted by Gasteiger charge is -2.33. The van der Waals surface area contributed by atoms with Crippen LogP contribution in [0.5, 0.6) is 0 Å². The second-order valence-corrected chi connectivity index (χ2v) is 6.83. The molecule has 0 atom stereocenters. The Balaban J connectivity index is 1.83. The van der Waals surface area contributed by atoms with Crippen LogP contribution in [0.4, 0.5) is 0 Å². The Morgan fingerprint density at radius 1 is 1.22 bits per heavy atom. The number of aliphatic carboxylic acids is 1. The minimum Gasteiger partial charge on any atom is -0.480 e. The summed E-state index contributed by atoms with van der Waals surface area (Å²) in [4.78, 5) is 25.8. The number of carboxylic acid groups (broad SMARTS) is 1. The van der Waals surface area contributed by atoms with E-state index in [-0.39, 0.29) is 24.9 Å². The van der Waals surface area contributed by atoms with Gasteiger partial charge in [0.2, 0.25) is 5.91 Å². The van der Waals surface area contributed by atoms with Gasteiger partial charge < -0.3 is 14.7 Å². The van der Waals surface area contributed by atoms with Crippen molar-refractivity contribution in [3.05, 3.63) is 47.3 Å². The summed E-state index contributed by atoms with van der Waals surface area (Å²) in [5, 5.41) is 13.8. The van der Waals surface area contributed by atoms with Gasteiger partial charge in [-0.15, -0.1) is 0 Å². The van der Waals surface area contributed by atoms with E-state index < -0.39 is 5.97 Å². The van der Waals surface area contributed by atoms with Gasteiger partial charge in [0, 0.05) is 30.5 Å². The highest BCUT2D eigenvalue weighted by Gasteiger charge is 2.29. The SMILES string of the molecule is Cc1nn(-c2ccccc2)c(C)c1CC(=O)N(CC(=O)O)C1CCOCC1. The molecule has 1 saturated heterocycles. The molecule has 1 fully saturated rings. The van der Waals surface area contributed by atoms with Crippen molar-refractivity contribution in [3.63, 3.8) is 0 Å². The zero-order valence-corrected chi connectivity index (χ0v) is 15.7. The standard InChI is InChI=1S/C20H25N3O4/c1-14-18(15(2)23(21-14)17-6-4-3-5-7-17)12-19(24)22(13-20(25)26)16-8-10-27-11-9-16/h3-7,16H,8-13H2,1-2H3,(H,25,26). The summed E-state index contributed by atoms with van der Waals surface area (Å²) < 4.78 is 7.17. The summed E-state index contributed by atoms with van der Waals surface area (Å²) >= 11 is 0. The molecule has 2 heterocycles. The minimum atomic E-state index is -0.997. The van der Waals surface area contributed by atoms with Crippen molar-refractivity contribution in [2.45, 2.75) is 39.2 Å². The summed E-state index contributed by atoms with van der Waals surface area (Å²) in [5.41, 5.74) is 3.47. The molecular formula is C20H25N3O4. The smallest absolute Gasteiger partial charge is 0.323 e. The first kappa shape index (κ1) is 19.1. The van der Waals surface area contributed by atoms with E-state index in [1.165, 1.54) is 4.90 Å². The largest absolute Gasteiger partial charge is 0.480 e. The van der Waals surface area contributed by atoms with E-state index in [1.807, 2.05) is 48.9 Å². The first-order valence-corrected chi connectivity index (χ1v) is 9.17. The average molecular weight is 371 g/mol. The molecule has 1 amide bonds. The van der Waals surface area contributed by atoms with Crippen LogP contribution in [0.1, 0.15) is 29.8 Å². The molecule has 3 rings (SSSR count). The molecule has 0 saturated carbocycles. The third-order valence-electron chi connectivity index (χ3n) is 5.03. The second kappa shape index (κ2) is 8.35. The highest BCUT2D eigenvalue weighted by Crippen LogP contribution is 2.21. The lowest BCUT2D eigenvalue weighted by atomic mass is 10.0. The fourth-order valence-electron chi connectivity index (χ4n) is 3.57. The monoisotopic (exact) mass is 371 g/mol. The molecule has 2 aromatic rings. The summed E-state index contributed by atoms with van der Waals surface area (Å²) in [7, 11) is 0. The molecule has 0 radical (unpaired) electrons. The Morgan fingerprint density at radius 2 is 1.89 bits per heavy atom. The number of aryl methyl sites for hydroxylation is 1. The van der Waals surface area contributed by atoms with Gasteiger partial charge in [0.05, 0.1) is 17.8 Å². The van der Waals surface area contributed by atoms with Crippen molar-refractivity contribution in [1.82, 2.24) is 14.7 Å². The van der Waals surface area contributed by atoms with E-state index in [0.717, 1.165) is 22.6 Å². The van der Waals surface area contributed by atoms with Crippen molar-refractivity contribution in [2.75, 3.05) is 19.8 Å². The molecule has 0 aliphatic carbocycles. The van der Waals surface area contributed by atoms with Crippen molar-refractivity contribution >= 4 is 11.9 Å². The van der Waals surface area contributed by atoms with Gasteiger partial charge in [-0.1, -0.05) is 18.2 Å². The van der Waals surface area contributed by atoms with E-state index in [2.05, 4.69) is 5.10 Å². The van der Waals surface area contributed by atoms with Crippen LogP contribution < -0.4 is 0 Å². The lowest BCUT2D eigenvalue weighted by Crippen LogP contribution is -2.46. The number of para-hydroxylation sites is 1. The normalized spacial score (nSPS) is 14.9. The number of benzene rings is 1. The molecule has 0 unspecified atom stereocenters. The first-order valence-electron chi connectivity index (χ1n) is 9.17. The van der Waals surface area contributed by atoms with Crippen molar-refractivity contribution in [3.8, 4) is 5.69 Å². The van der Waals surface area contributed by atoms with Crippen molar-refractivity contribution in [1.29, 1.82) is 0 Å². The summed E-state index contributed by atoms with van der Waals surface area (Å²) in [5.74, 6) is -1.17. The lowest BCUT2D eigenvalue weighted by molar-refractivity contribution is -0.147. The predicted octanol–water partition coefficient (Wildman–Crippen LogP) is 2.12. The summed E-state index contributed by atoms with van der Waals surface area (Å²) in [6, 6.07) is 9.66. The fourth-order valence-corrected chi connectivity index (χ4v) is 3.57. The van der Waals surface area contributed by atoms with Crippen molar-refractivity contribution < 1.29 is 19.4 Å². The molecule has 7 heteroatoms. The van der Waals surface area contributed by atoms with Gasteiger partial charge >= 0.3 is 5.97 Å². The van der Waals surface area contributed by atoms with Crippen LogP contribution >= 0.6 is 0 Å². The summed E-state index contributed by atoms with van der Waals surface area (Å²) in [6.07, 6.45) is 1.48. The van der Waals surface area contributed by atoms with Gasteiger partial charge in [-0.3, -0.25) is 9.59 Å². The number of hydrogen-bond donors (Lipinski definition) is 1. The van der Waals surface area contributed by atoms with E-state index >= 15 is 0 Å². The molecule has 1 N–H and O–H groups in total. The van der Waals surface area contributed by atoms with E-state index in [9.17, 15) is 14.7 Å². The molecule has 1 aromatic carbocycles. The molecule has 7 nitrogen and oxygen atoms in total. The molecule has 144 valence electrons. The Kier molecular flexibility index (Phi) is 5.91. The zero-order valence-electron chi connectivity index (χ0n) is 15.7. The summed E-state index contributed by atoms with van der Waals surface area (Å²) in [6.45, 7) is 4.64. The third kappa shape index (κ3) is 4.36. The number of ether oxygens (including phenoxy) is 1. The number of nitrogens with zero attached hydrogens (tertiary/aromatic N) is 3. The van der Waals surface area contributed by atoms with Gasteiger partial charge in [-0.05, 0) is 38.8 Å². The Morgan fingerprint density at radius 3 is 2.52 bits per heavy atom. The maximum atomic E-state index is 13.0. The molecule has 1 aromatic heterocycles. The molecule has 1 aliphatic heterocycles. The molecule has 27 heavy (non-hydrogen) atoms. The van der Waals surface area contributed by atoms with E-state index in [0.29, 0.717) is 26.1 Å². The quantitative estimate of drug-likeness (QED) is 0.841. The topological polar surface area (TPSA) is 84.7 Å². The average Bonchev–Trinajstić information content (AvgIpc) is 2.95. The van der Waals surface area contributed by atoms with Crippen LogP contribution in [0.2, 0.25) is 0 Å². The van der Waals surface area contributed by atoms with Gasteiger partial charge in [-0.2, -0.15) is 5.10 Å². The highest BCUT2D eigenvalue weighted by molar-refractivity contribution is 5.83. The second-order valence-electron chi connectivity index (χ2n) is 6.83. The fraction of sp³-hybridized carbons (Fsp3) is 0.450. The Labute approximate surface area is 158 Å². The molecule has 0 spiro atoms. The molecular weight excluding hydrogens is 346 g/mol. The molecule has 0 bridgehead atoms. The number of rotatable bonds is 6. The zero-order chi connectivity index (χ0) is 19.4. The minimum absolute atomic E-state index is 0.0906. The Bertz CT molecular complexity index is 810. The number of carboxylic acids is 1. The highest BCUT2D eigenvalue weighted by atomic mass is 16.5. The van der Waals surface area contributed by atoms with Gasteiger partial charge in [0.25, 0.3) is 0 Å². The van der Waals surface area contributed by atoms with Gasteiger partial charge in [-0.25, -0.2) is 4.68 Å². The van der Waals surface area contributed by atoms with Crippen LogP contribution in [0.15, 0.2) is 30.3 Å². The van der Waals surface area contributed by atoms with Crippen LogP contribution in [-0.2, 0) is 20.7 Å². The third-order valence-corrected chi connectivity index (χ3v) is 5.03. The number of carbonyl (C=O) groups is 2. The number of hydrogen-bond acceptors (Lipinski definition) is 4. The van der Waals surface area contributed by atoms with E-state index in [1.54, 1.807) is 0 Å². The maximum Gasteiger partial charge on any atom is 0.323 e. The maximum absolute atomic E-state index is 13.0. The first-order chi connectivity index (χ1) is 13.0. The van der Waals surface area contributed by atoms with Gasteiger partial charge in [0.1, 0.15) is 6.54 Å². The van der Waals surface area contributed by atoms with Crippen LogP contribution in [0.3, 0.4) is 0 Å². The van der Waals surface area contributed by atoms with Crippen molar-refractivity contribution in [2.24, 2.45) is 0 Å². The number of aromatic nitrogens is 2. The number of amides is 1. The predicted molar refractivity (Wildman–Crippen MR) is 99.9 cm³/mol. The van der Waals surface area contributed by atoms with Crippen LogP contribution in [-0.4, -0.2) is 57.5 Å². The van der Waals surface area contributed by atoms with Gasteiger partial charge in [0.15, 0.2) is 0 Å². The van der Waals surface area contributed by atoms with Crippen LogP contribution in [0.25, 0.3) is 5.69 Å².